The molecule has 4 aliphatic rings. The number of aromatic nitrogens is 1. The molecule has 3 aromatic rings. The van der Waals surface area contributed by atoms with E-state index in [1.807, 2.05) is 19.2 Å². The van der Waals surface area contributed by atoms with Crippen LogP contribution < -0.4 is 10.6 Å². The number of piperidine rings is 1. The van der Waals surface area contributed by atoms with Crippen LogP contribution in [0.2, 0.25) is 0 Å². The molecule has 12 heteroatoms. The zero-order valence-electron chi connectivity index (χ0n) is 25.2. The molecule has 1 aliphatic carbocycles. The zero-order valence-corrected chi connectivity index (χ0v) is 25.2. The van der Waals surface area contributed by atoms with Crippen molar-refractivity contribution in [3.63, 3.8) is 0 Å². The normalized spacial score (nSPS) is 32.6. The Morgan fingerprint density at radius 2 is 1.91 bits per heavy atom. The Labute approximate surface area is 259 Å². The number of rotatable bonds is 7. The molecule has 3 amide bonds. The molecule has 5 N–H and O–H groups in total. The average Bonchev–Trinajstić information content (AvgIpc) is 3.51. The lowest BCUT2D eigenvalue weighted by atomic mass is 9.72. The number of nitrogens with zero attached hydrogens (tertiary/aromatic N) is 2. The van der Waals surface area contributed by atoms with E-state index in [0.717, 1.165) is 22.4 Å². The zero-order chi connectivity index (χ0) is 31.7. The van der Waals surface area contributed by atoms with E-state index >= 15 is 0 Å². The number of amides is 3. The number of nitrogens with one attached hydrogen (secondary N) is 3. The van der Waals surface area contributed by atoms with Gasteiger partial charge in [0, 0.05) is 48.4 Å². The summed E-state index contributed by atoms with van der Waals surface area (Å²) in [5.74, 6) is -5.58. The van der Waals surface area contributed by atoms with Gasteiger partial charge in [-0.15, -0.1) is 0 Å². The fourth-order valence-corrected chi connectivity index (χ4v) is 7.95. The molecule has 236 valence electrons. The largest absolute Gasteiger partial charge is 0.481 e. The minimum Gasteiger partial charge on any atom is -0.481 e. The van der Waals surface area contributed by atoms with Crippen molar-refractivity contribution in [3.8, 4) is 0 Å². The standard InChI is InChI=1S/C33H37N5O7/c1-32(36-29(41)20-14-22-21-9-6-10-23-28(21)19(16-34-23)15-24(22)37(2)17-20)31(43)38-25(13-18-7-4-3-5-8-18)30(42)35-26(11-12-27(39)40)33(38,44)45-32/h3-10,16,20,22,24-26,34,44H,11-15,17H2,1-2H3,(H,35,42)(H,36,41)(H,39,40)/t20-,22?,24-,25+,26+,32-,33+/m1/s1. The molecule has 4 heterocycles. The second-order valence-corrected chi connectivity index (χ2v) is 13.0. The fourth-order valence-electron chi connectivity index (χ4n) is 7.95. The summed E-state index contributed by atoms with van der Waals surface area (Å²) < 4.78 is 6.07. The van der Waals surface area contributed by atoms with Crippen molar-refractivity contribution in [1.82, 2.24) is 25.4 Å². The summed E-state index contributed by atoms with van der Waals surface area (Å²) in [5.41, 5.74) is 2.30. The van der Waals surface area contributed by atoms with Crippen LogP contribution in [0, 0.1) is 5.92 Å². The highest BCUT2D eigenvalue weighted by atomic mass is 16.7. The lowest BCUT2D eigenvalue weighted by Crippen LogP contribution is -2.72. The van der Waals surface area contributed by atoms with E-state index in [9.17, 15) is 29.4 Å². The van der Waals surface area contributed by atoms with Gasteiger partial charge in [-0.1, -0.05) is 42.5 Å². The number of carboxylic acid groups (broad SMARTS) is 1. The molecule has 0 spiro atoms. The van der Waals surface area contributed by atoms with Crippen LogP contribution in [0.4, 0.5) is 0 Å². The number of fused-ring (bicyclic) bond motifs is 3. The summed E-state index contributed by atoms with van der Waals surface area (Å²) in [7, 11) is 2.01. The average molecular weight is 616 g/mol. The Morgan fingerprint density at radius 3 is 2.67 bits per heavy atom. The maximum absolute atomic E-state index is 14.2. The first kappa shape index (κ1) is 29.5. The van der Waals surface area contributed by atoms with Crippen LogP contribution >= 0.6 is 0 Å². The molecule has 12 nitrogen and oxygen atoms in total. The molecular formula is C33H37N5O7. The van der Waals surface area contributed by atoms with Crippen molar-refractivity contribution >= 4 is 34.6 Å². The SMILES string of the molecule is CN1C[C@H](C(=O)N[C@]2(C)O[C@@]3(O)[C@H](CCC(=O)O)NC(=O)[C@H](Cc4ccccc4)N3C2=O)CC2c3cccc4[nH]cc(c34)C[C@H]21. The van der Waals surface area contributed by atoms with Crippen molar-refractivity contribution in [1.29, 1.82) is 0 Å². The van der Waals surface area contributed by atoms with Crippen LogP contribution in [0.5, 0.6) is 0 Å². The van der Waals surface area contributed by atoms with Crippen LogP contribution in [-0.2, 0) is 36.8 Å². The quantitative estimate of drug-likeness (QED) is 0.267. The molecular weight excluding hydrogens is 578 g/mol. The minimum absolute atomic E-state index is 0.0862. The first-order chi connectivity index (χ1) is 21.5. The number of carboxylic acids is 1. The number of benzene rings is 2. The number of aliphatic carboxylic acids is 1. The predicted octanol–water partition coefficient (Wildman–Crippen LogP) is 1.44. The number of aliphatic hydroxyl groups is 1. The fraction of sp³-hybridized carbons (Fsp3) is 0.455. The van der Waals surface area contributed by atoms with Crippen molar-refractivity contribution in [2.75, 3.05) is 13.6 Å². The summed E-state index contributed by atoms with van der Waals surface area (Å²) in [6, 6.07) is 13.1. The number of carbonyl (C=O) groups is 4. The predicted molar refractivity (Wildman–Crippen MR) is 161 cm³/mol. The highest BCUT2D eigenvalue weighted by molar-refractivity contribution is 5.97. The topological polar surface area (TPSA) is 164 Å². The van der Waals surface area contributed by atoms with Gasteiger partial charge in [-0.2, -0.15) is 0 Å². The van der Waals surface area contributed by atoms with Gasteiger partial charge in [-0.3, -0.25) is 28.8 Å². The third-order valence-corrected chi connectivity index (χ3v) is 10.1. The van der Waals surface area contributed by atoms with Gasteiger partial charge >= 0.3 is 5.97 Å². The smallest absolute Gasteiger partial charge is 0.303 e. The minimum atomic E-state index is -2.37. The molecule has 0 radical (unpaired) electrons. The molecule has 3 fully saturated rings. The molecule has 2 aromatic carbocycles. The van der Waals surface area contributed by atoms with Crippen molar-refractivity contribution < 1.29 is 34.1 Å². The van der Waals surface area contributed by atoms with E-state index in [4.69, 9.17) is 4.74 Å². The summed E-state index contributed by atoms with van der Waals surface area (Å²) in [6.07, 6.45) is 3.03. The Balaban J connectivity index is 1.16. The van der Waals surface area contributed by atoms with E-state index < -0.39 is 53.3 Å². The van der Waals surface area contributed by atoms with Gasteiger partial charge in [0.15, 0.2) is 0 Å². The summed E-state index contributed by atoms with van der Waals surface area (Å²) in [5, 5.41) is 28.0. The maximum atomic E-state index is 14.2. The van der Waals surface area contributed by atoms with Crippen LogP contribution in [0.15, 0.2) is 54.7 Å². The number of aromatic amines is 1. The molecule has 7 rings (SSSR count). The van der Waals surface area contributed by atoms with Crippen LogP contribution in [0.25, 0.3) is 10.9 Å². The molecule has 0 bridgehead atoms. The number of carbonyl (C=O) groups excluding carboxylic acids is 3. The maximum Gasteiger partial charge on any atom is 0.303 e. The van der Waals surface area contributed by atoms with E-state index in [-0.39, 0.29) is 31.2 Å². The Hall–Kier alpha value is -4.26. The van der Waals surface area contributed by atoms with E-state index in [0.29, 0.717) is 13.0 Å². The van der Waals surface area contributed by atoms with Gasteiger partial charge in [0.25, 0.3) is 11.8 Å². The van der Waals surface area contributed by atoms with Gasteiger partial charge in [0.1, 0.15) is 12.1 Å². The number of H-pyrrole nitrogens is 1. The highest BCUT2D eigenvalue weighted by Crippen LogP contribution is 2.45. The summed E-state index contributed by atoms with van der Waals surface area (Å²) >= 11 is 0. The van der Waals surface area contributed by atoms with Crippen molar-refractivity contribution in [3.05, 3.63) is 71.4 Å². The third-order valence-electron chi connectivity index (χ3n) is 10.1. The van der Waals surface area contributed by atoms with Gasteiger partial charge in [-0.25, -0.2) is 0 Å². The molecule has 1 unspecified atom stereocenters. The van der Waals surface area contributed by atoms with Crippen molar-refractivity contribution in [2.24, 2.45) is 5.92 Å². The van der Waals surface area contributed by atoms with Crippen LogP contribution in [0.1, 0.15) is 48.8 Å². The summed E-state index contributed by atoms with van der Waals surface area (Å²) in [4.78, 5) is 59.4. The number of hydrogen-bond donors (Lipinski definition) is 5. The molecule has 1 aromatic heterocycles. The number of piperazine rings is 1. The first-order valence-corrected chi connectivity index (χ1v) is 15.4. The molecule has 3 saturated heterocycles. The van der Waals surface area contributed by atoms with Gasteiger partial charge in [0.2, 0.25) is 17.5 Å². The number of likely N-dealkylation sites (N-methyl/N-ethyl adjacent to an activating group) is 1. The number of ether oxygens (including phenoxy) is 1. The van der Waals surface area contributed by atoms with Crippen LogP contribution in [0.3, 0.4) is 0 Å². The van der Waals surface area contributed by atoms with Crippen LogP contribution in [-0.4, -0.2) is 92.0 Å². The first-order valence-electron chi connectivity index (χ1n) is 15.4. The Morgan fingerprint density at radius 1 is 1.13 bits per heavy atom. The second kappa shape index (κ2) is 10.7. The number of hydrogen-bond acceptors (Lipinski definition) is 7. The highest BCUT2D eigenvalue weighted by Gasteiger charge is 2.67. The lowest BCUT2D eigenvalue weighted by molar-refractivity contribution is -0.303. The Kier molecular flexibility index (Phi) is 6.99. The van der Waals surface area contributed by atoms with Gasteiger partial charge < -0.3 is 30.7 Å². The van der Waals surface area contributed by atoms with E-state index in [2.05, 4.69) is 38.8 Å². The number of likely N-dealkylation sites (tertiary alicyclic amines) is 1. The monoisotopic (exact) mass is 615 g/mol. The molecule has 0 saturated carbocycles. The van der Waals surface area contributed by atoms with E-state index in [1.54, 1.807) is 24.3 Å². The molecule has 7 atom stereocenters. The Bertz CT molecular complexity index is 1690. The van der Waals surface area contributed by atoms with Gasteiger partial charge in [-0.05, 0) is 56.0 Å². The molecule has 3 aliphatic heterocycles. The summed E-state index contributed by atoms with van der Waals surface area (Å²) in [6.45, 7) is 1.85. The molecule has 45 heavy (non-hydrogen) atoms. The second-order valence-electron chi connectivity index (χ2n) is 13.0. The lowest BCUT2D eigenvalue weighted by Gasteiger charge is -2.46. The van der Waals surface area contributed by atoms with Gasteiger partial charge in [0.05, 0.1) is 5.92 Å². The van der Waals surface area contributed by atoms with Crippen molar-refractivity contribution in [2.45, 2.75) is 74.7 Å². The van der Waals surface area contributed by atoms with E-state index in [1.165, 1.54) is 23.4 Å². The third kappa shape index (κ3) is 4.79.